The molecule has 0 aromatic rings. The fourth-order valence-electron chi connectivity index (χ4n) is 2.00. The molecule has 0 bridgehead atoms. The quantitative estimate of drug-likeness (QED) is 0.763. The molecule has 0 N–H and O–H groups in total. The third-order valence-corrected chi connectivity index (χ3v) is 4.63. The van der Waals surface area contributed by atoms with E-state index in [0.717, 1.165) is 11.4 Å². The summed E-state index contributed by atoms with van der Waals surface area (Å²) in [5.74, 6) is 1.32. The Morgan fingerprint density at radius 3 is 2.72 bits per heavy atom. The van der Waals surface area contributed by atoms with Crippen molar-refractivity contribution in [2.24, 2.45) is 4.99 Å². The SMILES string of the molecule is C[Si](C)(C)n1cnc2ncnc-2c1C1=NCCO1. The van der Waals surface area contributed by atoms with Gasteiger partial charge in [0.25, 0.3) is 0 Å². The van der Waals surface area contributed by atoms with Crippen LogP contribution in [-0.4, -0.2) is 46.5 Å². The van der Waals surface area contributed by atoms with Crippen LogP contribution in [0, 0.1) is 0 Å². The van der Waals surface area contributed by atoms with Crippen molar-refractivity contribution in [3.05, 3.63) is 18.3 Å². The first kappa shape index (κ1) is 11.3. The summed E-state index contributed by atoms with van der Waals surface area (Å²) in [7, 11) is -1.61. The average molecular weight is 261 g/mol. The van der Waals surface area contributed by atoms with Crippen molar-refractivity contribution in [2.45, 2.75) is 19.6 Å². The highest BCUT2D eigenvalue weighted by Gasteiger charge is 2.29. The van der Waals surface area contributed by atoms with Gasteiger partial charge in [-0.1, -0.05) is 19.6 Å². The van der Waals surface area contributed by atoms with Crippen LogP contribution in [0.1, 0.15) is 5.69 Å². The summed E-state index contributed by atoms with van der Waals surface area (Å²) in [4.78, 5) is 17.2. The van der Waals surface area contributed by atoms with E-state index >= 15 is 0 Å². The highest BCUT2D eigenvalue weighted by atomic mass is 28.3. The van der Waals surface area contributed by atoms with Gasteiger partial charge < -0.3 is 8.97 Å². The number of ether oxygens (including phenoxy) is 1. The van der Waals surface area contributed by atoms with Gasteiger partial charge in [0.1, 0.15) is 24.3 Å². The van der Waals surface area contributed by atoms with E-state index in [1.54, 1.807) is 0 Å². The minimum absolute atomic E-state index is 0.638. The van der Waals surface area contributed by atoms with E-state index in [0.29, 0.717) is 24.9 Å². The molecule has 3 aliphatic heterocycles. The van der Waals surface area contributed by atoms with E-state index in [1.165, 1.54) is 6.33 Å². The highest BCUT2D eigenvalue weighted by molar-refractivity contribution is 6.74. The number of aliphatic imine (C=N–C) groups is 1. The van der Waals surface area contributed by atoms with Gasteiger partial charge in [-0.2, -0.15) is 0 Å². The van der Waals surface area contributed by atoms with Crippen LogP contribution >= 0.6 is 0 Å². The van der Waals surface area contributed by atoms with Crippen molar-refractivity contribution >= 4 is 14.1 Å². The van der Waals surface area contributed by atoms with Crippen LogP contribution in [0.5, 0.6) is 0 Å². The summed E-state index contributed by atoms with van der Waals surface area (Å²) in [6.45, 7) is 8.08. The molecule has 94 valence electrons. The second-order valence-corrected chi connectivity index (χ2v) is 10.0. The van der Waals surface area contributed by atoms with Crippen LogP contribution < -0.4 is 0 Å². The summed E-state index contributed by atoms with van der Waals surface area (Å²) >= 11 is 0. The van der Waals surface area contributed by atoms with Gasteiger partial charge in [-0.05, 0) is 0 Å². The Hall–Kier alpha value is -1.76. The van der Waals surface area contributed by atoms with Gasteiger partial charge in [-0.15, -0.1) is 0 Å². The largest absolute Gasteiger partial charge is 0.474 e. The summed E-state index contributed by atoms with van der Waals surface area (Å²) in [5, 5.41) is 0. The van der Waals surface area contributed by atoms with Gasteiger partial charge in [0.2, 0.25) is 5.90 Å². The molecule has 7 heteroatoms. The number of hydrogen-bond acceptors (Lipinski definition) is 5. The smallest absolute Gasteiger partial charge is 0.235 e. The van der Waals surface area contributed by atoms with E-state index in [1.807, 2.05) is 6.33 Å². The van der Waals surface area contributed by atoms with E-state index in [9.17, 15) is 0 Å². The second kappa shape index (κ2) is 3.87. The van der Waals surface area contributed by atoms with E-state index in [4.69, 9.17) is 4.74 Å². The number of aromatic nitrogens is 4. The lowest BCUT2D eigenvalue weighted by Crippen LogP contribution is -2.36. The van der Waals surface area contributed by atoms with Crippen LogP contribution in [0.2, 0.25) is 19.6 Å². The Kier molecular flexibility index (Phi) is 2.44. The predicted octanol–water partition coefficient (Wildman–Crippen LogP) is 1.24. The van der Waals surface area contributed by atoms with Crippen LogP contribution in [0.15, 0.2) is 17.6 Å². The molecule has 0 aromatic carbocycles. The minimum Gasteiger partial charge on any atom is -0.474 e. The lowest BCUT2D eigenvalue weighted by atomic mass is 10.3. The molecule has 0 radical (unpaired) electrons. The molecule has 3 rings (SSSR count). The normalized spacial score (nSPS) is 15.8. The number of fused-ring (bicyclic) bond motifs is 1. The van der Waals surface area contributed by atoms with Gasteiger partial charge in [0.15, 0.2) is 14.1 Å². The molecule has 0 atom stereocenters. The number of rotatable bonds is 2. The van der Waals surface area contributed by atoms with Crippen LogP contribution in [0.3, 0.4) is 0 Å². The minimum atomic E-state index is -1.61. The van der Waals surface area contributed by atoms with Crippen molar-refractivity contribution in [1.29, 1.82) is 0 Å². The maximum Gasteiger partial charge on any atom is 0.235 e. The first-order chi connectivity index (χ1) is 8.57. The fraction of sp³-hybridized carbons (Fsp3) is 0.455. The Morgan fingerprint density at radius 2 is 2.06 bits per heavy atom. The van der Waals surface area contributed by atoms with Crippen LogP contribution in [0.25, 0.3) is 11.5 Å². The zero-order valence-corrected chi connectivity index (χ0v) is 11.7. The van der Waals surface area contributed by atoms with Gasteiger partial charge in [-0.25, -0.2) is 19.9 Å². The summed E-state index contributed by atoms with van der Waals surface area (Å²) in [6, 6.07) is 0. The molecule has 0 amide bonds. The molecule has 0 saturated carbocycles. The molecule has 0 spiro atoms. The van der Waals surface area contributed by atoms with Gasteiger partial charge in [-0.3, -0.25) is 0 Å². The standard InChI is InChI=1S/C11H15N5OSi/c1-18(2,3)16-7-15-10-8(13-6-14-10)9(16)11-12-4-5-17-11/h6-7H,4-5H2,1-3H3. The Labute approximate surface area is 106 Å². The monoisotopic (exact) mass is 261 g/mol. The van der Waals surface area contributed by atoms with Crippen LogP contribution in [0.4, 0.5) is 0 Å². The van der Waals surface area contributed by atoms with Crippen molar-refractivity contribution in [3.63, 3.8) is 0 Å². The Bertz CT molecular complexity index is 586. The molecular formula is C11H15N5OSi. The summed E-state index contributed by atoms with van der Waals surface area (Å²) in [6.07, 6.45) is 3.37. The predicted molar refractivity (Wildman–Crippen MR) is 70.5 cm³/mol. The number of imidazole rings is 1. The molecule has 0 fully saturated rings. The Balaban J connectivity index is 2.28. The zero-order chi connectivity index (χ0) is 12.8. The highest BCUT2D eigenvalue weighted by Crippen LogP contribution is 2.24. The second-order valence-electron chi connectivity index (χ2n) is 5.22. The molecule has 3 heterocycles. The molecule has 0 aliphatic carbocycles. The van der Waals surface area contributed by atoms with Gasteiger partial charge in [0.05, 0.1) is 12.9 Å². The van der Waals surface area contributed by atoms with Crippen LogP contribution in [-0.2, 0) is 4.74 Å². The van der Waals surface area contributed by atoms with Gasteiger partial charge >= 0.3 is 0 Å². The summed E-state index contributed by atoms with van der Waals surface area (Å²) < 4.78 is 7.78. The molecule has 0 unspecified atom stereocenters. The lowest BCUT2D eigenvalue weighted by molar-refractivity contribution is 0.347. The topological polar surface area (TPSA) is 65.2 Å². The molecule has 18 heavy (non-hydrogen) atoms. The first-order valence-electron chi connectivity index (χ1n) is 5.93. The maximum absolute atomic E-state index is 5.61. The lowest BCUT2D eigenvalue weighted by Gasteiger charge is -2.25. The number of hydrogen-bond donors (Lipinski definition) is 0. The third-order valence-electron chi connectivity index (χ3n) is 2.85. The molecule has 6 nitrogen and oxygen atoms in total. The zero-order valence-electron chi connectivity index (χ0n) is 10.7. The van der Waals surface area contributed by atoms with Crippen molar-refractivity contribution in [2.75, 3.05) is 13.2 Å². The fourth-order valence-corrected chi connectivity index (χ4v) is 3.27. The van der Waals surface area contributed by atoms with E-state index in [-0.39, 0.29) is 0 Å². The van der Waals surface area contributed by atoms with Crippen molar-refractivity contribution < 1.29 is 4.74 Å². The van der Waals surface area contributed by atoms with Crippen molar-refractivity contribution in [3.8, 4) is 11.5 Å². The van der Waals surface area contributed by atoms with Crippen molar-refractivity contribution in [1.82, 2.24) is 19.2 Å². The van der Waals surface area contributed by atoms with E-state index in [2.05, 4.69) is 43.8 Å². The third kappa shape index (κ3) is 1.71. The number of nitrogens with zero attached hydrogens (tertiary/aromatic N) is 5. The van der Waals surface area contributed by atoms with Gasteiger partial charge in [0, 0.05) is 0 Å². The maximum atomic E-state index is 5.61. The first-order valence-corrected chi connectivity index (χ1v) is 9.38. The molecule has 0 saturated heterocycles. The molecule has 0 aromatic heterocycles. The van der Waals surface area contributed by atoms with E-state index < -0.39 is 8.24 Å². The Morgan fingerprint density at radius 1 is 1.22 bits per heavy atom. The summed E-state index contributed by atoms with van der Waals surface area (Å²) in [5.41, 5.74) is 1.70. The molecule has 3 aliphatic rings. The molecular weight excluding hydrogens is 246 g/mol. The average Bonchev–Trinajstić information content (AvgIpc) is 2.97.